The van der Waals surface area contributed by atoms with Crippen LogP contribution in [0.2, 0.25) is 0 Å². The zero-order valence-corrected chi connectivity index (χ0v) is 10.3. The second-order valence-corrected chi connectivity index (χ2v) is 6.09. The van der Waals surface area contributed by atoms with Crippen molar-refractivity contribution in [3.05, 3.63) is 15.6 Å². The van der Waals surface area contributed by atoms with Gasteiger partial charge in [0.05, 0.1) is 5.69 Å². The Morgan fingerprint density at radius 2 is 2.36 bits per heavy atom. The van der Waals surface area contributed by atoms with Crippen LogP contribution in [-0.2, 0) is 18.7 Å². The Morgan fingerprint density at radius 1 is 1.50 bits per heavy atom. The molecule has 0 spiro atoms. The Bertz CT molecular complexity index is 284. The van der Waals surface area contributed by atoms with E-state index in [-0.39, 0.29) is 0 Å². The smallest absolute Gasteiger partial charge is 0.107 e. The molecule has 0 atom stereocenters. The summed E-state index contributed by atoms with van der Waals surface area (Å²) in [5.41, 5.74) is 1.36. The summed E-state index contributed by atoms with van der Waals surface area (Å²) in [6.07, 6.45) is 1.16. The van der Waals surface area contributed by atoms with Gasteiger partial charge in [0, 0.05) is 23.2 Å². The van der Waals surface area contributed by atoms with Crippen molar-refractivity contribution >= 4 is 23.1 Å². The predicted octanol–water partition coefficient (Wildman–Crippen LogP) is 2.43. The summed E-state index contributed by atoms with van der Waals surface area (Å²) in [4.78, 5) is 6.17. The van der Waals surface area contributed by atoms with E-state index in [1.165, 1.54) is 27.1 Å². The highest BCUT2D eigenvalue weighted by Gasteiger charge is 2.14. The van der Waals surface area contributed by atoms with Crippen molar-refractivity contribution in [3.63, 3.8) is 0 Å². The van der Waals surface area contributed by atoms with Gasteiger partial charge in [-0.15, -0.1) is 11.3 Å². The van der Waals surface area contributed by atoms with Gasteiger partial charge in [-0.1, -0.05) is 13.8 Å². The van der Waals surface area contributed by atoms with Crippen molar-refractivity contribution < 1.29 is 0 Å². The molecular formula is C10H16N2S2. The number of nitrogens with zero attached hydrogens (tertiary/aromatic N) is 1. The zero-order chi connectivity index (χ0) is 9.97. The van der Waals surface area contributed by atoms with E-state index >= 15 is 0 Å². The number of fused-ring (bicyclic) bond motifs is 1. The molecule has 2 rings (SSSR count). The topological polar surface area (TPSA) is 24.9 Å². The van der Waals surface area contributed by atoms with E-state index in [1.807, 2.05) is 23.1 Å². The number of thiazole rings is 1. The largest absolute Gasteiger partial charge is 0.308 e. The lowest BCUT2D eigenvalue weighted by Gasteiger charge is -2.06. The normalized spacial score (nSPS) is 15.9. The van der Waals surface area contributed by atoms with Crippen molar-refractivity contribution in [1.29, 1.82) is 0 Å². The first-order valence-corrected chi connectivity index (χ1v) is 7.01. The maximum Gasteiger partial charge on any atom is 0.107 e. The van der Waals surface area contributed by atoms with Crippen LogP contribution in [0.3, 0.4) is 0 Å². The van der Waals surface area contributed by atoms with Gasteiger partial charge in [0.1, 0.15) is 5.01 Å². The molecule has 1 aliphatic heterocycles. The quantitative estimate of drug-likeness (QED) is 0.860. The van der Waals surface area contributed by atoms with E-state index in [0.717, 1.165) is 13.0 Å². The number of hydrogen-bond acceptors (Lipinski definition) is 4. The molecule has 0 radical (unpaired) electrons. The summed E-state index contributed by atoms with van der Waals surface area (Å²) in [5.74, 6) is 2.42. The van der Waals surface area contributed by atoms with E-state index in [0.29, 0.717) is 6.04 Å². The van der Waals surface area contributed by atoms with Crippen LogP contribution in [-0.4, -0.2) is 16.8 Å². The average molecular weight is 228 g/mol. The Balaban J connectivity index is 2.01. The third-order valence-electron chi connectivity index (χ3n) is 2.20. The lowest BCUT2D eigenvalue weighted by molar-refractivity contribution is 0.586. The molecule has 1 aliphatic rings. The number of hydrogen-bond donors (Lipinski definition) is 1. The summed E-state index contributed by atoms with van der Waals surface area (Å²) >= 11 is 3.91. The monoisotopic (exact) mass is 228 g/mol. The van der Waals surface area contributed by atoms with Crippen LogP contribution in [0.5, 0.6) is 0 Å². The van der Waals surface area contributed by atoms with Crippen LogP contribution in [0.25, 0.3) is 0 Å². The van der Waals surface area contributed by atoms with Crippen LogP contribution < -0.4 is 5.32 Å². The van der Waals surface area contributed by atoms with Gasteiger partial charge in [-0.3, -0.25) is 0 Å². The maximum absolute atomic E-state index is 4.67. The van der Waals surface area contributed by atoms with E-state index < -0.39 is 0 Å². The fraction of sp³-hybridized carbons (Fsp3) is 0.700. The molecule has 0 bridgehead atoms. The van der Waals surface area contributed by atoms with Gasteiger partial charge in [-0.05, 0) is 12.2 Å². The third-order valence-corrected chi connectivity index (χ3v) is 4.47. The molecule has 0 fully saturated rings. The minimum Gasteiger partial charge on any atom is -0.308 e. The van der Waals surface area contributed by atoms with Crippen LogP contribution in [0.4, 0.5) is 0 Å². The Hall–Kier alpha value is -0.0600. The molecule has 4 heteroatoms. The molecule has 0 amide bonds. The highest BCUT2D eigenvalue weighted by molar-refractivity contribution is 7.98. The number of nitrogens with one attached hydrogen (secondary N) is 1. The van der Waals surface area contributed by atoms with Crippen molar-refractivity contribution in [2.24, 2.45) is 0 Å². The van der Waals surface area contributed by atoms with Gasteiger partial charge >= 0.3 is 0 Å². The van der Waals surface area contributed by atoms with Gasteiger partial charge in [0.2, 0.25) is 0 Å². The van der Waals surface area contributed by atoms with Gasteiger partial charge in [-0.25, -0.2) is 4.98 Å². The summed E-state index contributed by atoms with van der Waals surface area (Å²) in [6.45, 7) is 5.27. The Labute approximate surface area is 93.5 Å². The van der Waals surface area contributed by atoms with Gasteiger partial charge < -0.3 is 5.32 Å². The average Bonchev–Trinajstić information content (AvgIpc) is 2.57. The van der Waals surface area contributed by atoms with E-state index in [4.69, 9.17) is 0 Å². The minimum absolute atomic E-state index is 0.547. The van der Waals surface area contributed by atoms with E-state index in [1.54, 1.807) is 0 Å². The van der Waals surface area contributed by atoms with Crippen LogP contribution in [0.1, 0.15) is 29.4 Å². The first kappa shape index (κ1) is 10.5. The molecule has 78 valence electrons. The summed E-state index contributed by atoms with van der Waals surface area (Å²) in [6, 6.07) is 0.547. The lowest BCUT2D eigenvalue weighted by atomic mass is 10.3. The fourth-order valence-corrected chi connectivity index (χ4v) is 3.63. The first-order chi connectivity index (χ1) is 6.75. The molecule has 1 N–H and O–H groups in total. The van der Waals surface area contributed by atoms with Crippen LogP contribution in [0, 0.1) is 0 Å². The van der Waals surface area contributed by atoms with Crippen LogP contribution in [0.15, 0.2) is 0 Å². The summed E-state index contributed by atoms with van der Waals surface area (Å²) in [5, 5.41) is 4.67. The lowest BCUT2D eigenvalue weighted by Crippen LogP contribution is -2.21. The summed E-state index contributed by atoms with van der Waals surface area (Å²) in [7, 11) is 0. The highest BCUT2D eigenvalue weighted by atomic mass is 32.2. The molecule has 1 aromatic rings. The van der Waals surface area contributed by atoms with Crippen molar-refractivity contribution in [2.75, 3.05) is 5.75 Å². The molecule has 1 aromatic heterocycles. The first-order valence-electron chi connectivity index (χ1n) is 5.04. The molecular weight excluding hydrogens is 212 g/mol. The Kier molecular flexibility index (Phi) is 3.47. The van der Waals surface area contributed by atoms with Gasteiger partial charge in [-0.2, -0.15) is 11.8 Å². The molecule has 14 heavy (non-hydrogen) atoms. The number of aromatic nitrogens is 1. The van der Waals surface area contributed by atoms with E-state index in [9.17, 15) is 0 Å². The molecule has 0 saturated carbocycles. The minimum atomic E-state index is 0.547. The molecule has 0 saturated heterocycles. The third kappa shape index (κ3) is 2.49. The number of aryl methyl sites for hydroxylation is 1. The highest BCUT2D eigenvalue weighted by Crippen LogP contribution is 2.29. The summed E-state index contributed by atoms with van der Waals surface area (Å²) < 4.78 is 0. The standard InChI is InChI=1S/C10H16N2S2/c1-7(2)11-5-10-12-8-3-4-13-6-9(8)14-10/h7,11H,3-6H2,1-2H3. The predicted molar refractivity (Wildman–Crippen MR) is 64.0 cm³/mol. The molecule has 0 aliphatic carbocycles. The SMILES string of the molecule is CC(C)NCc1nc2c(s1)CSCC2. The van der Waals surface area contributed by atoms with E-state index in [2.05, 4.69) is 24.1 Å². The number of thioether (sulfide) groups is 1. The molecule has 0 aromatic carbocycles. The second-order valence-electron chi connectivity index (χ2n) is 3.82. The molecule has 2 heterocycles. The van der Waals surface area contributed by atoms with Crippen molar-refractivity contribution in [2.45, 2.75) is 38.6 Å². The van der Waals surface area contributed by atoms with Crippen molar-refractivity contribution in [3.8, 4) is 0 Å². The van der Waals surface area contributed by atoms with Crippen LogP contribution >= 0.6 is 23.1 Å². The van der Waals surface area contributed by atoms with Gasteiger partial charge in [0.15, 0.2) is 0 Å². The Morgan fingerprint density at radius 3 is 3.07 bits per heavy atom. The van der Waals surface area contributed by atoms with Gasteiger partial charge in [0.25, 0.3) is 0 Å². The zero-order valence-electron chi connectivity index (χ0n) is 8.67. The van der Waals surface area contributed by atoms with Crippen molar-refractivity contribution in [1.82, 2.24) is 10.3 Å². The molecule has 2 nitrogen and oxygen atoms in total. The maximum atomic E-state index is 4.67. The second kappa shape index (κ2) is 4.64. The fourth-order valence-electron chi connectivity index (χ4n) is 1.45. The molecule has 0 unspecified atom stereocenters. The number of rotatable bonds is 3.